The maximum atomic E-state index is 2.19. The summed E-state index contributed by atoms with van der Waals surface area (Å²) in [7, 11) is 0. The molecule has 1 aromatic heterocycles. The molecule has 2 rings (SSSR count). The van der Waals surface area contributed by atoms with Crippen LogP contribution in [-0.4, -0.2) is 0 Å². The van der Waals surface area contributed by atoms with Gasteiger partial charge >= 0.3 is 0 Å². The van der Waals surface area contributed by atoms with Crippen LogP contribution in [0.3, 0.4) is 0 Å². The summed E-state index contributed by atoms with van der Waals surface area (Å²) in [6, 6.07) is 12.9. The molecule has 0 fully saturated rings. The smallest absolute Gasteiger partial charge is 0.173 e. The van der Waals surface area contributed by atoms with Crippen LogP contribution in [0, 0.1) is 13.8 Å². The fourth-order valence-corrected chi connectivity index (χ4v) is 1.54. The second-order valence-corrected chi connectivity index (χ2v) is 4.03. The fraction of sp³-hybridized carbons (Fsp3) is 0.214. The summed E-state index contributed by atoms with van der Waals surface area (Å²) in [5, 5.41) is 0. The highest BCUT2D eigenvalue weighted by Crippen LogP contribution is 2.02. The summed E-state index contributed by atoms with van der Waals surface area (Å²) in [6.07, 6.45) is 4.24. The van der Waals surface area contributed by atoms with Crippen LogP contribution in [0.5, 0.6) is 0 Å². The average Bonchev–Trinajstić information content (AvgIpc) is 2.25. The molecule has 0 amide bonds. The predicted octanol–water partition coefficient (Wildman–Crippen LogP) is -0.357. The van der Waals surface area contributed by atoms with E-state index in [-0.39, 0.29) is 12.4 Å². The van der Waals surface area contributed by atoms with Crippen LogP contribution in [0.2, 0.25) is 0 Å². The number of pyridine rings is 1. The summed E-state index contributed by atoms with van der Waals surface area (Å²) in [5.74, 6) is 0. The Labute approximate surface area is 103 Å². The fourth-order valence-electron chi connectivity index (χ4n) is 1.54. The highest BCUT2D eigenvalue weighted by atomic mass is 35.5. The number of hydrogen-bond acceptors (Lipinski definition) is 0. The van der Waals surface area contributed by atoms with E-state index in [1.165, 1.54) is 16.7 Å². The standard InChI is InChI=1S/C14H16N.ClH/c1-12-3-5-14(6-4-12)11-15-9-7-13(2)8-10-15;/h3-10H,11H2,1-2H3;1H/q+1;/p-1. The van der Waals surface area contributed by atoms with Gasteiger partial charge in [0.1, 0.15) is 0 Å². The molecule has 84 valence electrons. The first-order chi connectivity index (χ1) is 7.24. The monoisotopic (exact) mass is 233 g/mol. The van der Waals surface area contributed by atoms with Gasteiger partial charge in [-0.3, -0.25) is 0 Å². The number of aryl methyl sites for hydroxylation is 2. The molecule has 0 bridgehead atoms. The molecule has 2 heteroatoms. The van der Waals surface area contributed by atoms with Crippen molar-refractivity contribution in [3.8, 4) is 0 Å². The van der Waals surface area contributed by atoms with Crippen molar-refractivity contribution in [2.24, 2.45) is 0 Å². The summed E-state index contributed by atoms with van der Waals surface area (Å²) < 4.78 is 2.19. The summed E-state index contributed by atoms with van der Waals surface area (Å²) in [6.45, 7) is 5.17. The Hall–Kier alpha value is -1.34. The zero-order chi connectivity index (χ0) is 10.7. The van der Waals surface area contributed by atoms with Gasteiger partial charge in [-0.05, 0) is 19.4 Å². The Morgan fingerprint density at radius 1 is 0.812 bits per heavy atom. The number of hydrogen-bond donors (Lipinski definition) is 0. The van der Waals surface area contributed by atoms with Crippen molar-refractivity contribution < 1.29 is 17.0 Å². The van der Waals surface area contributed by atoms with Crippen molar-refractivity contribution in [3.63, 3.8) is 0 Å². The van der Waals surface area contributed by atoms with Crippen molar-refractivity contribution in [2.45, 2.75) is 20.4 Å². The Kier molecular flexibility index (Phi) is 4.51. The molecule has 2 aromatic rings. The van der Waals surface area contributed by atoms with Gasteiger partial charge in [-0.1, -0.05) is 29.8 Å². The van der Waals surface area contributed by atoms with Gasteiger partial charge in [0.15, 0.2) is 18.9 Å². The summed E-state index contributed by atoms with van der Waals surface area (Å²) in [5.41, 5.74) is 3.96. The van der Waals surface area contributed by atoms with Crippen molar-refractivity contribution in [2.75, 3.05) is 0 Å². The summed E-state index contributed by atoms with van der Waals surface area (Å²) in [4.78, 5) is 0. The van der Waals surface area contributed by atoms with E-state index in [1.807, 2.05) is 0 Å². The first-order valence-corrected chi connectivity index (χ1v) is 5.25. The number of halogens is 1. The molecule has 0 radical (unpaired) electrons. The molecular weight excluding hydrogens is 218 g/mol. The SMILES string of the molecule is Cc1ccc(C[n+]2ccc(C)cc2)cc1.[Cl-]. The number of rotatable bonds is 2. The molecule has 0 aliphatic carbocycles. The highest BCUT2D eigenvalue weighted by molar-refractivity contribution is 5.20. The molecule has 16 heavy (non-hydrogen) atoms. The first-order valence-electron chi connectivity index (χ1n) is 5.25. The minimum Gasteiger partial charge on any atom is -1.00 e. The lowest BCUT2D eigenvalue weighted by Crippen LogP contribution is -3.00. The molecule has 0 aliphatic rings. The van der Waals surface area contributed by atoms with E-state index in [0.717, 1.165) is 6.54 Å². The lowest BCUT2D eigenvalue weighted by molar-refractivity contribution is -0.688. The molecule has 1 nitrogen and oxygen atoms in total. The molecule has 0 spiro atoms. The van der Waals surface area contributed by atoms with E-state index < -0.39 is 0 Å². The van der Waals surface area contributed by atoms with Crippen LogP contribution in [0.1, 0.15) is 16.7 Å². The maximum absolute atomic E-state index is 2.19. The third-order valence-corrected chi connectivity index (χ3v) is 2.54. The average molecular weight is 234 g/mol. The molecule has 1 aromatic carbocycles. The lowest BCUT2D eigenvalue weighted by Gasteiger charge is -1.98. The van der Waals surface area contributed by atoms with E-state index in [2.05, 4.69) is 67.2 Å². The molecule has 0 aliphatic heterocycles. The number of aromatic nitrogens is 1. The molecule has 0 saturated heterocycles. The minimum atomic E-state index is 0. The zero-order valence-corrected chi connectivity index (χ0v) is 10.4. The van der Waals surface area contributed by atoms with Crippen LogP contribution >= 0.6 is 0 Å². The van der Waals surface area contributed by atoms with Crippen molar-refractivity contribution >= 4 is 0 Å². The van der Waals surface area contributed by atoms with E-state index in [1.54, 1.807) is 0 Å². The number of benzene rings is 1. The molecule has 0 atom stereocenters. The minimum absolute atomic E-state index is 0. The normalized spacial score (nSPS) is 9.62. The highest BCUT2D eigenvalue weighted by Gasteiger charge is 2.00. The Bertz CT molecular complexity index is 388. The predicted molar refractivity (Wildman–Crippen MR) is 61.7 cm³/mol. The zero-order valence-electron chi connectivity index (χ0n) is 9.65. The molecule has 0 unspecified atom stereocenters. The Balaban J connectivity index is 0.00000128. The molecule has 0 saturated carbocycles. The third-order valence-electron chi connectivity index (χ3n) is 2.54. The van der Waals surface area contributed by atoms with Crippen LogP contribution in [0.4, 0.5) is 0 Å². The van der Waals surface area contributed by atoms with Crippen LogP contribution < -0.4 is 17.0 Å². The largest absolute Gasteiger partial charge is 1.00 e. The van der Waals surface area contributed by atoms with Crippen LogP contribution in [0.15, 0.2) is 48.8 Å². The van der Waals surface area contributed by atoms with Gasteiger partial charge in [0.05, 0.1) is 0 Å². The van der Waals surface area contributed by atoms with Gasteiger partial charge in [-0.25, -0.2) is 4.57 Å². The van der Waals surface area contributed by atoms with Crippen LogP contribution in [0.25, 0.3) is 0 Å². The van der Waals surface area contributed by atoms with E-state index in [0.29, 0.717) is 0 Å². The second-order valence-electron chi connectivity index (χ2n) is 4.03. The Morgan fingerprint density at radius 3 is 1.88 bits per heavy atom. The van der Waals surface area contributed by atoms with Gasteiger partial charge in [0.2, 0.25) is 0 Å². The summed E-state index contributed by atoms with van der Waals surface area (Å²) >= 11 is 0. The maximum Gasteiger partial charge on any atom is 0.173 e. The van der Waals surface area contributed by atoms with Crippen molar-refractivity contribution in [1.82, 2.24) is 0 Å². The second kappa shape index (κ2) is 5.66. The van der Waals surface area contributed by atoms with Gasteiger partial charge in [0.25, 0.3) is 0 Å². The lowest BCUT2D eigenvalue weighted by atomic mass is 10.1. The van der Waals surface area contributed by atoms with Crippen LogP contribution in [-0.2, 0) is 6.54 Å². The Morgan fingerprint density at radius 2 is 1.31 bits per heavy atom. The quantitative estimate of drug-likeness (QED) is 0.624. The van der Waals surface area contributed by atoms with E-state index in [4.69, 9.17) is 0 Å². The van der Waals surface area contributed by atoms with Gasteiger partial charge in [0, 0.05) is 17.7 Å². The molecule has 1 heterocycles. The van der Waals surface area contributed by atoms with Gasteiger partial charge in [-0.15, -0.1) is 0 Å². The topological polar surface area (TPSA) is 3.88 Å². The number of nitrogens with zero attached hydrogens (tertiary/aromatic N) is 1. The molecule has 0 N–H and O–H groups in total. The third kappa shape index (κ3) is 3.35. The first kappa shape index (κ1) is 12.7. The van der Waals surface area contributed by atoms with Crippen molar-refractivity contribution in [3.05, 3.63) is 65.5 Å². The van der Waals surface area contributed by atoms with E-state index >= 15 is 0 Å². The van der Waals surface area contributed by atoms with Gasteiger partial charge < -0.3 is 12.4 Å². The van der Waals surface area contributed by atoms with E-state index in [9.17, 15) is 0 Å². The molecular formula is C14H16ClN. The van der Waals surface area contributed by atoms with Gasteiger partial charge in [-0.2, -0.15) is 0 Å². The van der Waals surface area contributed by atoms with Crippen molar-refractivity contribution in [1.29, 1.82) is 0 Å².